The van der Waals surface area contributed by atoms with E-state index < -0.39 is 5.97 Å². The monoisotopic (exact) mass is 209 g/mol. The van der Waals surface area contributed by atoms with Crippen LogP contribution < -0.4 is 0 Å². The largest absolute Gasteiger partial charge is 0.475 e. The van der Waals surface area contributed by atoms with Gasteiger partial charge >= 0.3 is 5.97 Å². The molecule has 14 heavy (non-hydrogen) atoms. The lowest BCUT2D eigenvalue weighted by molar-refractivity contribution is 0.0651. The van der Waals surface area contributed by atoms with Gasteiger partial charge in [-0.25, -0.2) is 4.79 Å². The van der Waals surface area contributed by atoms with Gasteiger partial charge in [-0.05, 0) is 18.4 Å². The molecule has 0 unspecified atom stereocenters. The molecule has 72 valence electrons. The molecule has 0 atom stereocenters. The van der Waals surface area contributed by atoms with Crippen LogP contribution in [-0.2, 0) is 0 Å². The molecule has 0 saturated carbocycles. The minimum absolute atomic E-state index is 0.0894. The zero-order valence-corrected chi connectivity index (χ0v) is 8.17. The Morgan fingerprint density at radius 2 is 2.43 bits per heavy atom. The summed E-state index contributed by atoms with van der Waals surface area (Å²) >= 11 is 1.50. The Morgan fingerprint density at radius 1 is 1.64 bits per heavy atom. The zero-order valence-electron chi connectivity index (χ0n) is 7.35. The predicted octanol–water partition coefficient (Wildman–Crippen LogP) is 2.41. The highest BCUT2D eigenvalue weighted by Gasteiger charge is 2.19. The van der Waals surface area contributed by atoms with Crippen molar-refractivity contribution in [2.75, 3.05) is 0 Å². The molecule has 5 heteroatoms. The fourth-order valence-corrected chi connectivity index (χ4v) is 1.94. The average molecular weight is 209 g/mol. The van der Waals surface area contributed by atoms with Gasteiger partial charge in [0.1, 0.15) is 5.69 Å². The smallest absolute Gasteiger partial charge is 0.375 e. The van der Waals surface area contributed by atoms with Gasteiger partial charge in [-0.15, -0.1) is 11.3 Å². The highest BCUT2D eigenvalue weighted by Crippen LogP contribution is 2.28. The summed E-state index contributed by atoms with van der Waals surface area (Å²) in [5.74, 6) is -1.17. The Labute approximate surface area is 83.8 Å². The predicted molar refractivity (Wildman–Crippen MR) is 51.5 cm³/mol. The number of carboxylic acid groups (broad SMARTS) is 1. The first-order valence-corrected chi connectivity index (χ1v) is 4.81. The molecule has 2 aromatic heterocycles. The minimum Gasteiger partial charge on any atom is -0.475 e. The highest BCUT2D eigenvalue weighted by molar-refractivity contribution is 7.13. The van der Waals surface area contributed by atoms with E-state index in [0.29, 0.717) is 11.3 Å². The number of nitrogens with zero attached hydrogens (tertiary/aromatic N) is 1. The fraction of sp³-hybridized carbons (Fsp3) is 0.111. The lowest BCUT2D eigenvalue weighted by Crippen LogP contribution is -1.95. The molecule has 1 N–H and O–H groups in total. The quantitative estimate of drug-likeness (QED) is 0.824. The second-order valence-electron chi connectivity index (χ2n) is 2.77. The summed E-state index contributed by atoms with van der Waals surface area (Å²) < 4.78 is 4.74. The fourth-order valence-electron chi connectivity index (χ4n) is 1.18. The summed E-state index contributed by atoms with van der Waals surface area (Å²) in [6.07, 6.45) is 0. The second-order valence-corrected chi connectivity index (χ2v) is 3.72. The molecule has 0 aromatic carbocycles. The normalized spacial score (nSPS) is 10.4. The van der Waals surface area contributed by atoms with Crippen molar-refractivity contribution in [3.63, 3.8) is 0 Å². The van der Waals surface area contributed by atoms with Crippen molar-refractivity contribution in [1.82, 2.24) is 5.16 Å². The summed E-state index contributed by atoms with van der Waals surface area (Å²) in [4.78, 5) is 11.6. The molecular weight excluding hydrogens is 202 g/mol. The summed E-state index contributed by atoms with van der Waals surface area (Å²) in [7, 11) is 0. The average Bonchev–Trinajstić information content (AvgIpc) is 2.71. The summed E-state index contributed by atoms with van der Waals surface area (Å²) in [6, 6.07) is 3.76. The first-order chi connectivity index (χ1) is 6.70. The number of carboxylic acids is 1. The van der Waals surface area contributed by atoms with Crippen LogP contribution in [0.2, 0.25) is 0 Å². The molecule has 2 rings (SSSR count). The summed E-state index contributed by atoms with van der Waals surface area (Å²) in [5.41, 5.74) is 1.18. The molecule has 2 aromatic rings. The molecule has 0 aliphatic carbocycles. The summed E-state index contributed by atoms with van der Waals surface area (Å²) in [6.45, 7) is 1.69. The Balaban J connectivity index is 2.52. The van der Waals surface area contributed by atoms with Crippen LogP contribution in [-0.4, -0.2) is 16.2 Å². The standard InChI is InChI=1S/C9H7NO3S/c1-5-7(6-3-2-4-14-6)10-13-8(5)9(11)12/h2-4H,1H3,(H,11,12). The van der Waals surface area contributed by atoms with Crippen LogP contribution in [0.5, 0.6) is 0 Å². The van der Waals surface area contributed by atoms with Crippen LogP contribution in [0.3, 0.4) is 0 Å². The van der Waals surface area contributed by atoms with E-state index in [4.69, 9.17) is 9.63 Å². The first-order valence-electron chi connectivity index (χ1n) is 3.93. The van der Waals surface area contributed by atoms with Crippen molar-refractivity contribution in [1.29, 1.82) is 0 Å². The molecule has 0 saturated heterocycles. The van der Waals surface area contributed by atoms with Gasteiger partial charge in [0.25, 0.3) is 0 Å². The van der Waals surface area contributed by atoms with Gasteiger partial charge in [-0.1, -0.05) is 11.2 Å². The van der Waals surface area contributed by atoms with Crippen LogP contribution in [0, 0.1) is 6.92 Å². The van der Waals surface area contributed by atoms with Gasteiger partial charge in [0.15, 0.2) is 0 Å². The molecule has 0 aliphatic rings. The number of carbonyl (C=O) groups is 1. The van der Waals surface area contributed by atoms with E-state index in [1.165, 1.54) is 11.3 Å². The second kappa shape index (κ2) is 3.26. The lowest BCUT2D eigenvalue weighted by atomic mass is 10.2. The minimum atomic E-state index is -1.09. The molecule has 0 spiro atoms. The van der Waals surface area contributed by atoms with E-state index in [0.717, 1.165) is 4.88 Å². The van der Waals surface area contributed by atoms with Crippen molar-refractivity contribution >= 4 is 17.3 Å². The van der Waals surface area contributed by atoms with E-state index in [1.807, 2.05) is 17.5 Å². The van der Waals surface area contributed by atoms with Crippen LogP contribution in [0.4, 0.5) is 0 Å². The molecule has 4 nitrogen and oxygen atoms in total. The maximum Gasteiger partial charge on any atom is 0.375 e. The molecule has 0 fully saturated rings. The third-order valence-corrected chi connectivity index (χ3v) is 2.75. The molecule has 2 heterocycles. The molecular formula is C9H7NO3S. The van der Waals surface area contributed by atoms with Crippen LogP contribution in [0.1, 0.15) is 16.1 Å². The number of aromatic nitrogens is 1. The van der Waals surface area contributed by atoms with Gasteiger partial charge in [0.05, 0.1) is 4.88 Å². The number of aromatic carboxylic acids is 1. The highest BCUT2D eigenvalue weighted by atomic mass is 32.1. The van der Waals surface area contributed by atoms with Crippen molar-refractivity contribution in [3.8, 4) is 10.6 Å². The van der Waals surface area contributed by atoms with Crippen molar-refractivity contribution in [2.24, 2.45) is 0 Å². The Hall–Kier alpha value is -1.62. The Bertz CT molecular complexity index is 458. The van der Waals surface area contributed by atoms with E-state index >= 15 is 0 Å². The molecule has 0 amide bonds. The maximum absolute atomic E-state index is 10.7. The number of rotatable bonds is 2. The summed E-state index contributed by atoms with van der Waals surface area (Å²) in [5, 5.41) is 14.4. The van der Waals surface area contributed by atoms with Crippen LogP contribution in [0.25, 0.3) is 10.6 Å². The zero-order chi connectivity index (χ0) is 10.1. The number of thiophene rings is 1. The Morgan fingerprint density at radius 3 is 2.93 bits per heavy atom. The van der Waals surface area contributed by atoms with Crippen molar-refractivity contribution < 1.29 is 14.4 Å². The third-order valence-electron chi connectivity index (χ3n) is 1.87. The van der Waals surface area contributed by atoms with Gasteiger partial charge in [-0.3, -0.25) is 0 Å². The SMILES string of the molecule is Cc1c(-c2cccs2)noc1C(=O)O. The van der Waals surface area contributed by atoms with Crippen molar-refractivity contribution in [2.45, 2.75) is 6.92 Å². The van der Waals surface area contributed by atoms with Gasteiger partial charge in [0, 0.05) is 5.56 Å². The first kappa shape index (κ1) is 8.96. The van der Waals surface area contributed by atoms with E-state index in [1.54, 1.807) is 6.92 Å². The van der Waals surface area contributed by atoms with Gasteiger partial charge in [0.2, 0.25) is 5.76 Å². The topological polar surface area (TPSA) is 63.3 Å². The third kappa shape index (κ3) is 1.31. The Kier molecular flexibility index (Phi) is 2.09. The maximum atomic E-state index is 10.7. The van der Waals surface area contributed by atoms with E-state index in [9.17, 15) is 4.79 Å². The number of hydrogen-bond donors (Lipinski definition) is 1. The van der Waals surface area contributed by atoms with Gasteiger partial charge in [-0.2, -0.15) is 0 Å². The van der Waals surface area contributed by atoms with Crippen molar-refractivity contribution in [3.05, 3.63) is 28.8 Å². The molecule has 0 aliphatic heterocycles. The lowest BCUT2D eigenvalue weighted by Gasteiger charge is -1.90. The molecule has 0 bridgehead atoms. The van der Waals surface area contributed by atoms with Crippen LogP contribution >= 0.6 is 11.3 Å². The van der Waals surface area contributed by atoms with E-state index in [2.05, 4.69) is 5.16 Å². The molecule has 0 radical (unpaired) electrons. The van der Waals surface area contributed by atoms with Gasteiger partial charge < -0.3 is 9.63 Å². The van der Waals surface area contributed by atoms with Crippen LogP contribution in [0.15, 0.2) is 22.0 Å². The number of hydrogen-bond acceptors (Lipinski definition) is 4. The van der Waals surface area contributed by atoms with E-state index in [-0.39, 0.29) is 5.76 Å².